The molecule has 3 rings (SSSR count). The summed E-state index contributed by atoms with van der Waals surface area (Å²) in [5.74, 6) is 0.963. The number of piperidine rings is 1. The lowest BCUT2D eigenvalue weighted by Crippen LogP contribution is -2.37. The van der Waals surface area contributed by atoms with Crippen LogP contribution in [0.3, 0.4) is 0 Å². The summed E-state index contributed by atoms with van der Waals surface area (Å²) in [6.07, 6.45) is 10.3. The van der Waals surface area contributed by atoms with Crippen molar-refractivity contribution in [3.63, 3.8) is 0 Å². The third-order valence-electron chi connectivity index (χ3n) is 5.67. The van der Waals surface area contributed by atoms with Gasteiger partial charge in [-0.3, -0.25) is 4.79 Å². The molecule has 0 bridgehead atoms. The van der Waals surface area contributed by atoms with E-state index in [-0.39, 0.29) is 17.5 Å². The zero-order valence-corrected chi connectivity index (χ0v) is 14.0. The predicted molar refractivity (Wildman–Crippen MR) is 91.1 cm³/mol. The number of hydrogen-bond donors (Lipinski definition) is 0. The summed E-state index contributed by atoms with van der Waals surface area (Å²) in [4.78, 5) is 15.0. The van der Waals surface area contributed by atoms with E-state index >= 15 is 0 Å². The molecule has 0 amide bonds. The number of likely N-dealkylation sites (tertiary alicyclic amines) is 1. The van der Waals surface area contributed by atoms with Gasteiger partial charge in [0.25, 0.3) is 0 Å². The minimum Gasteiger partial charge on any atom is -0.303 e. The van der Waals surface area contributed by atoms with Crippen LogP contribution in [0.15, 0.2) is 24.3 Å². The monoisotopic (exact) mass is 317 g/mol. The molecule has 3 heteroatoms. The average Bonchev–Trinajstić information content (AvgIpc) is 2.61. The van der Waals surface area contributed by atoms with Crippen LogP contribution in [0.2, 0.25) is 0 Å². The molecule has 1 heterocycles. The molecule has 2 fully saturated rings. The van der Waals surface area contributed by atoms with Crippen LogP contribution in [-0.2, 0) is 0 Å². The molecule has 0 aromatic heterocycles. The summed E-state index contributed by atoms with van der Waals surface area (Å²) in [5, 5.41) is 0. The third-order valence-corrected chi connectivity index (χ3v) is 5.67. The summed E-state index contributed by atoms with van der Waals surface area (Å²) < 4.78 is 13.0. The van der Waals surface area contributed by atoms with Crippen LogP contribution in [0.5, 0.6) is 0 Å². The summed E-state index contributed by atoms with van der Waals surface area (Å²) in [5.41, 5.74) is 0.659. The number of ketones is 1. The highest BCUT2D eigenvalue weighted by Crippen LogP contribution is 2.28. The molecule has 0 unspecified atom stereocenters. The molecule has 1 aromatic carbocycles. The van der Waals surface area contributed by atoms with Crippen LogP contribution in [0.1, 0.15) is 61.7 Å². The number of halogens is 1. The molecule has 1 aromatic rings. The Balaban J connectivity index is 1.42. The molecule has 0 spiro atoms. The number of carbonyl (C=O) groups excluding carboxylic acids is 1. The zero-order chi connectivity index (χ0) is 16.1. The van der Waals surface area contributed by atoms with Crippen LogP contribution >= 0.6 is 0 Å². The highest BCUT2D eigenvalue weighted by molar-refractivity contribution is 5.97. The van der Waals surface area contributed by atoms with Gasteiger partial charge in [-0.05, 0) is 69.1 Å². The second-order valence-electron chi connectivity index (χ2n) is 7.28. The van der Waals surface area contributed by atoms with E-state index in [9.17, 15) is 9.18 Å². The number of benzene rings is 1. The lowest BCUT2D eigenvalue weighted by molar-refractivity contribution is 0.0833. The van der Waals surface area contributed by atoms with Crippen molar-refractivity contribution >= 4 is 5.78 Å². The normalized spacial score (nSPS) is 21.4. The maximum atomic E-state index is 13.0. The van der Waals surface area contributed by atoms with E-state index in [1.807, 2.05) is 0 Å². The number of Topliss-reactive ketones (excluding diaryl/α,β-unsaturated/α-hetero) is 1. The number of carbonyl (C=O) groups is 1. The first kappa shape index (κ1) is 16.6. The van der Waals surface area contributed by atoms with Crippen molar-refractivity contribution in [2.75, 3.05) is 19.6 Å². The van der Waals surface area contributed by atoms with Gasteiger partial charge in [-0.25, -0.2) is 4.39 Å². The Bertz CT molecular complexity index is 499. The average molecular weight is 317 g/mol. The Kier molecular flexibility index (Phi) is 5.82. The molecule has 1 aliphatic heterocycles. The predicted octanol–water partition coefficient (Wildman–Crippen LogP) is 4.69. The van der Waals surface area contributed by atoms with E-state index in [1.54, 1.807) is 12.1 Å². The third kappa shape index (κ3) is 4.63. The Morgan fingerprint density at radius 3 is 2.30 bits per heavy atom. The number of rotatable bonds is 5. The Hall–Kier alpha value is -1.22. The van der Waals surface area contributed by atoms with Gasteiger partial charge in [-0.15, -0.1) is 0 Å². The van der Waals surface area contributed by atoms with Gasteiger partial charge in [0.05, 0.1) is 0 Å². The molecular formula is C20H28FNO. The standard InChI is InChI=1S/C20H28FNO/c21-19-8-6-17(7-9-19)20(23)18-11-14-22(15-12-18)13-10-16-4-2-1-3-5-16/h6-9,16,18H,1-5,10-15H2. The Labute approximate surface area is 139 Å². The molecule has 23 heavy (non-hydrogen) atoms. The minimum absolute atomic E-state index is 0.117. The van der Waals surface area contributed by atoms with Crippen LogP contribution in [0.25, 0.3) is 0 Å². The van der Waals surface area contributed by atoms with Crippen LogP contribution < -0.4 is 0 Å². The molecule has 2 aliphatic rings. The van der Waals surface area contributed by atoms with Gasteiger partial charge in [-0.1, -0.05) is 32.1 Å². The fraction of sp³-hybridized carbons (Fsp3) is 0.650. The molecule has 0 radical (unpaired) electrons. The summed E-state index contributed by atoms with van der Waals surface area (Å²) in [6, 6.07) is 6.00. The van der Waals surface area contributed by atoms with Crippen molar-refractivity contribution in [3.8, 4) is 0 Å². The summed E-state index contributed by atoms with van der Waals surface area (Å²) in [6.45, 7) is 3.26. The van der Waals surface area contributed by atoms with Gasteiger partial charge < -0.3 is 4.90 Å². The van der Waals surface area contributed by atoms with Gasteiger partial charge in [0.1, 0.15) is 5.82 Å². The number of nitrogens with zero attached hydrogens (tertiary/aromatic N) is 1. The van der Waals surface area contributed by atoms with Crippen molar-refractivity contribution in [2.24, 2.45) is 11.8 Å². The van der Waals surface area contributed by atoms with Crippen molar-refractivity contribution in [2.45, 2.75) is 51.4 Å². The summed E-state index contributed by atoms with van der Waals surface area (Å²) in [7, 11) is 0. The lowest BCUT2D eigenvalue weighted by Gasteiger charge is -2.32. The lowest BCUT2D eigenvalue weighted by atomic mass is 9.86. The SMILES string of the molecule is O=C(c1ccc(F)cc1)C1CCN(CCC2CCCCC2)CC1. The largest absolute Gasteiger partial charge is 0.303 e. The Morgan fingerprint density at radius 1 is 1.00 bits per heavy atom. The highest BCUT2D eigenvalue weighted by atomic mass is 19.1. The minimum atomic E-state index is -0.279. The van der Waals surface area contributed by atoms with E-state index in [0.717, 1.165) is 31.8 Å². The molecule has 1 aliphatic carbocycles. The topological polar surface area (TPSA) is 20.3 Å². The van der Waals surface area contributed by atoms with Crippen molar-refractivity contribution < 1.29 is 9.18 Å². The van der Waals surface area contributed by atoms with E-state index < -0.39 is 0 Å². The van der Waals surface area contributed by atoms with Gasteiger partial charge in [0, 0.05) is 11.5 Å². The highest BCUT2D eigenvalue weighted by Gasteiger charge is 2.26. The second-order valence-corrected chi connectivity index (χ2v) is 7.28. The van der Waals surface area contributed by atoms with Gasteiger partial charge >= 0.3 is 0 Å². The zero-order valence-electron chi connectivity index (χ0n) is 14.0. The fourth-order valence-electron chi connectivity index (χ4n) is 4.11. The fourth-order valence-corrected chi connectivity index (χ4v) is 4.11. The Morgan fingerprint density at radius 2 is 1.65 bits per heavy atom. The van der Waals surface area contributed by atoms with E-state index in [2.05, 4.69) is 4.90 Å². The molecule has 1 saturated carbocycles. The molecule has 0 atom stereocenters. The van der Waals surface area contributed by atoms with Gasteiger partial charge in [0.15, 0.2) is 5.78 Å². The van der Waals surface area contributed by atoms with Crippen LogP contribution in [0, 0.1) is 17.7 Å². The van der Waals surface area contributed by atoms with E-state index in [1.165, 1.54) is 57.2 Å². The first-order chi connectivity index (χ1) is 11.2. The van der Waals surface area contributed by atoms with Gasteiger partial charge in [0.2, 0.25) is 0 Å². The molecule has 1 saturated heterocycles. The molecular weight excluding hydrogens is 289 g/mol. The maximum absolute atomic E-state index is 13.0. The first-order valence-corrected chi connectivity index (χ1v) is 9.24. The van der Waals surface area contributed by atoms with Crippen molar-refractivity contribution in [1.29, 1.82) is 0 Å². The van der Waals surface area contributed by atoms with Crippen molar-refractivity contribution in [3.05, 3.63) is 35.6 Å². The van der Waals surface area contributed by atoms with Crippen molar-refractivity contribution in [1.82, 2.24) is 4.90 Å². The van der Waals surface area contributed by atoms with Crippen LogP contribution in [-0.4, -0.2) is 30.3 Å². The van der Waals surface area contributed by atoms with E-state index in [0.29, 0.717) is 5.56 Å². The maximum Gasteiger partial charge on any atom is 0.166 e. The molecule has 0 N–H and O–H groups in total. The summed E-state index contributed by atoms with van der Waals surface area (Å²) >= 11 is 0. The smallest absolute Gasteiger partial charge is 0.166 e. The van der Waals surface area contributed by atoms with Crippen LogP contribution in [0.4, 0.5) is 4.39 Å². The second kappa shape index (κ2) is 8.05. The van der Waals surface area contributed by atoms with E-state index in [4.69, 9.17) is 0 Å². The van der Waals surface area contributed by atoms with Gasteiger partial charge in [-0.2, -0.15) is 0 Å². The molecule has 126 valence electrons. The molecule has 2 nitrogen and oxygen atoms in total. The quantitative estimate of drug-likeness (QED) is 0.734. The first-order valence-electron chi connectivity index (χ1n) is 9.24. The number of hydrogen-bond acceptors (Lipinski definition) is 2.